The molecule has 0 spiro atoms. The molecule has 1 aliphatic heterocycles. The molecule has 0 atom stereocenters. The van der Waals surface area contributed by atoms with Gasteiger partial charge < -0.3 is 19.2 Å². The predicted molar refractivity (Wildman–Crippen MR) is 118 cm³/mol. The van der Waals surface area contributed by atoms with Gasteiger partial charge in [-0.3, -0.25) is 4.79 Å². The molecule has 1 saturated heterocycles. The van der Waals surface area contributed by atoms with Crippen molar-refractivity contribution in [2.75, 3.05) is 20.2 Å². The highest BCUT2D eigenvalue weighted by atomic mass is 16.5. The summed E-state index contributed by atoms with van der Waals surface area (Å²) < 4.78 is 7.44. The zero-order valence-corrected chi connectivity index (χ0v) is 17.2. The highest BCUT2D eigenvalue weighted by molar-refractivity contribution is 5.82. The largest absolute Gasteiger partial charge is 0.497 e. The fraction of sp³-hybridized carbons (Fsp3) is 0.333. The molecule has 6 heteroatoms. The molecule has 30 heavy (non-hydrogen) atoms. The van der Waals surface area contributed by atoms with Crippen molar-refractivity contribution >= 4 is 27.8 Å². The molecule has 4 aromatic rings. The van der Waals surface area contributed by atoms with Gasteiger partial charge in [0.2, 0.25) is 5.91 Å². The Kier molecular flexibility index (Phi) is 4.91. The molecule has 6 nitrogen and oxygen atoms in total. The molecule has 1 aliphatic rings. The lowest BCUT2D eigenvalue weighted by molar-refractivity contribution is -0.132. The van der Waals surface area contributed by atoms with Crippen LogP contribution in [0.5, 0.6) is 5.75 Å². The monoisotopic (exact) mass is 402 g/mol. The van der Waals surface area contributed by atoms with Crippen LogP contribution in [0.2, 0.25) is 0 Å². The normalized spacial score (nSPS) is 15.2. The molecule has 2 aromatic heterocycles. The average Bonchev–Trinajstić information content (AvgIpc) is 3.41. The first-order chi connectivity index (χ1) is 14.7. The van der Waals surface area contributed by atoms with E-state index < -0.39 is 0 Å². The minimum atomic E-state index is 0.230. The number of likely N-dealkylation sites (tertiary alicyclic amines) is 1. The van der Waals surface area contributed by atoms with Gasteiger partial charge in [0.1, 0.15) is 11.6 Å². The van der Waals surface area contributed by atoms with E-state index in [1.807, 2.05) is 41.4 Å². The van der Waals surface area contributed by atoms with Gasteiger partial charge in [-0.1, -0.05) is 12.1 Å². The van der Waals surface area contributed by atoms with Crippen LogP contribution in [0.15, 0.2) is 54.7 Å². The van der Waals surface area contributed by atoms with Crippen LogP contribution in [0, 0.1) is 0 Å². The molecule has 3 heterocycles. The first-order valence-electron chi connectivity index (χ1n) is 10.6. The van der Waals surface area contributed by atoms with Crippen molar-refractivity contribution in [2.45, 2.75) is 31.7 Å². The third-order valence-corrected chi connectivity index (χ3v) is 6.19. The molecule has 5 rings (SSSR count). The number of hydrogen-bond donors (Lipinski definition) is 1. The highest BCUT2D eigenvalue weighted by Crippen LogP contribution is 2.28. The minimum absolute atomic E-state index is 0.230. The van der Waals surface area contributed by atoms with Crippen molar-refractivity contribution in [1.29, 1.82) is 0 Å². The van der Waals surface area contributed by atoms with Gasteiger partial charge >= 0.3 is 0 Å². The molecule has 1 fully saturated rings. The van der Waals surface area contributed by atoms with Gasteiger partial charge in [-0.15, -0.1) is 0 Å². The van der Waals surface area contributed by atoms with Crippen molar-refractivity contribution in [1.82, 2.24) is 19.4 Å². The molecule has 1 amide bonds. The van der Waals surface area contributed by atoms with Crippen molar-refractivity contribution in [3.8, 4) is 5.75 Å². The third kappa shape index (κ3) is 3.54. The lowest BCUT2D eigenvalue weighted by Gasteiger charge is -2.31. The summed E-state index contributed by atoms with van der Waals surface area (Å²) in [7, 11) is 1.67. The molecule has 0 bridgehead atoms. The van der Waals surface area contributed by atoms with Gasteiger partial charge in [0.05, 0.1) is 18.1 Å². The Bertz CT molecular complexity index is 1150. The summed E-state index contributed by atoms with van der Waals surface area (Å²) in [4.78, 5) is 23.0. The number of benzene rings is 2. The van der Waals surface area contributed by atoms with Crippen LogP contribution in [0.1, 0.15) is 31.0 Å². The smallest absolute Gasteiger partial charge is 0.224 e. The topological polar surface area (TPSA) is 63.1 Å². The maximum Gasteiger partial charge on any atom is 0.224 e. The lowest BCUT2D eigenvalue weighted by Crippen LogP contribution is -2.38. The van der Waals surface area contributed by atoms with Crippen LogP contribution in [-0.4, -0.2) is 45.5 Å². The summed E-state index contributed by atoms with van der Waals surface area (Å²) in [6, 6.07) is 16.2. The Balaban J connectivity index is 1.18. The summed E-state index contributed by atoms with van der Waals surface area (Å²) in [6.07, 6.45) is 4.48. The van der Waals surface area contributed by atoms with Crippen molar-refractivity contribution in [2.24, 2.45) is 0 Å². The number of aromatic nitrogens is 3. The van der Waals surface area contributed by atoms with Crippen LogP contribution in [-0.2, 0) is 11.3 Å². The molecule has 1 N–H and O–H groups in total. The first kappa shape index (κ1) is 18.7. The molecule has 154 valence electrons. The number of para-hydroxylation sites is 2. The van der Waals surface area contributed by atoms with Crippen LogP contribution in [0.4, 0.5) is 0 Å². The number of hydrogen-bond acceptors (Lipinski definition) is 3. The van der Waals surface area contributed by atoms with Crippen LogP contribution in [0.25, 0.3) is 21.9 Å². The first-order valence-corrected chi connectivity index (χ1v) is 10.6. The second kappa shape index (κ2) is 7.86. The molecular weight excluding hydrogens is 376 g/mol. The van der Waals surface area contributed by atoms with E-state index in [9.17, 15) is 4.79 Å². The van der Waals surface area contributed by atoms with E-state index in [1.165, 1.54) is 0 Å². The van der Waals surface area contributed by atoms with Crippen LogP contribution < -0.4 is 4.74 Å². The molecule has 0 radical (unpaired) electrons. The van der Waals surface area contributed by atoms with Gasteiger partial charge in [0.15, 0.2) is 0 Å². The predicted octanol–water partition coefficient (Wildman–Crippen LogP) is 4.32. The fourth-order valence-corrected chi connectivity index (χ4v) is 4.44. The van der Waals surface area contributed by atoms with E-state index in [1.54, 1.807) is 7.11 Å². The number of piperidine rings is 1. The molecule has 2 aromatic carbocycles. The molecule has 0 aliphatic carbocycles. The van der Waals surface area contributed by atoms with E-state index in [2.05, 4.69) is 27.8 Å². The standard InChI is InChI=1S/C24H26N4O2/c1-30-19-6-7-22-18(16-19)10-12-27(22)15-11-23(29)28-13-8-17(9-14-28)24-25-20-4-2-3-5-21(20)26-24/h2-7,10,12,16-17H,8-9,11,13-15H2,1H3,(H,25,26). The number of carbonyl (C=O) groups excluding carboxylic acids is 1. The quantitative estimate of drug-likeness (QED) is 0.541. The Morgan fingerprint density at radius 3 is 2.80 bits per heavy atom. The highest BCUT2D eigenvalue weighted by Gasteiger charge is 2.25. The number of amides is 1. The number of fused-ring (bicyclic) bond motifs is 2. The number of aromatic amines is 1. The number of methoxy groups -OCH3 is 1. The van der Waals surface area contributed by atoms with Gasteiger partial charge in [0, 0.05) is 49.1 Å². The van der Waals surface area contributed by atoms with Crippen LogP contribution >= 0.6 is 0 Å². The second-order valence-electron chi connectivity index (χ2n) is 7.98. The lowest BCUT2D eigenvalue weighted by atomic mass is 9.96. The van der Waals surface area contributed by atoms with E-state index in [0.717, 1.165) is 59.4 Å². The van der Waals surface area contributed by atoms with E-state index in [0.29, 0.717) is 18.9 Å². The van der Waals surface area contributed by atoms with Crippen molar-refractivity contribution < 1.29 is 9.53 Å². The van der Waals surface area contributed by atoms with Gasteiger partial charge in [-0.2, -0.15) is 0 Å². The summed E-state index contributed by atoms with van der Waals surface area (Å²) in [5.41, 5.74) is 3.23. The number of H-pyrrole nitrogens is 1. The van der Waals surface area contributed by atoms with E-state index in [4.69, 9.17) is 9.72 Å². The van der Waals surface area contributed by atoms with E-state index >= 15 is 0 Å². The Morgan fingerprint density at radius 2 is 2.00 bits per heavy atom. The van der Waals surface area contributed by atoms with Gasteiger partial charge in [-0.25, -0.2) is 4.98 Å². The number of nitrogens with zero attached hydrogens (tertiary/aromatic N) is 3. The zero-order valence-electron chi connectivity index (χ0n) is 17.2. The SMILES string of the molecule is COc1ccc2c(ccn2CCC(=O)N2CCC(c3nc4ccccc4[nH]3)CC2)c1. The third-order valence-electron chi connectivity index (χ3n) is 6.19. The Morgan fingerprint density at radius 1 is 1.17 bits per heavy atom. The molecule has 0 unspecified atom stereocenters. The number of imidazole rings is 1. The van der Waals surface area contributed by atoms with Crippen molar-refractivity contribution in [3.05, 3.63) is 60.6 Å². The zero-order chi connectivity index (χ0) is 20.5. The summed E-state index contributed by atoms with van der Waals surface area (Å²) in [6.45, 7) is 2.28. The van der Waals surface area contributed by atoms with Gasteiger partial charge in [0.25, 0.3) is 0 Å². The second-order valence-corrected chi connectivity index (χ2v) is 7.98. The summed E-state index contributed by atoms with van der Waals surface area (Å²) >= 11 is 0. The molecular formula is C24H26N4O2. The maximum atomic E-state index is 12.8. The molecule has 0 saturated carbocycles. The fourth-order valence-electron chi connectivity index (χ4n) is 4.44. The summed E-state index contributed by atoms with van der Waals surface area (Å²) in [5.74, 6) is 2.53. The van der Waals surface area contributed by atoms with Crippen LogP contribution in [0.3, 0.4) is 0 Å². The van der Waals surface area contributed by atoms with Gasteiger partial charge in [-0.05, 0) is 49.2 Å². The number of ether oxygens (including phenoxy) is 1. The summed E-state index contributed by atoms with van der Waals surface area (Å²) in [5, 5.41) is 1.13. The Labute approximate surface area is 175 Å². The van der Waals surface area contributed by atoms with Crippen molar-refractivity contribution in [3.63, 3.8) is 0 Å². The Hall–Kier alpha value is -3.28. The number of rotatable bonds is 5. The minimum Gasteiger partial charge on any atom is -0.497 e. The van der Waals surface area contributed by atoms with E-state index in [-0.39, 0.29) is 5.91 Å². The average molecular weight is 402 g/mol. The number of nitrogens with one attached hydrogen (secondary N) is 1. The number of carbonyl (C=O) groups is 1. The maximum absolute atomic E-state index is 12.8. The number of aryl methyl sites for hydroxylation is 1.